The van der Waals surface area contributed by atoms with Gasteiger partial charge in [-0.15, -0.1) is 0 Å². The Hall–Kier alpha value is -2.58. The van der Waals surface area contributed by atoms with Gasteiger partial charge in [0.1, 0.15) is 13.2 Å². The van der Waals surface area contributed by atoms with E-state index in [1.807, 2.05) is 27.2 Å². The first-order valence-electron chi connectivity index (χ1n) is 28.6. The van der Waals surface area contributed by atoms with Crippen LogP contribution in [-0.4, -0.2) is 68.5 Å². The Morgan fingerprint density at radius 3 is 1.33 bits per heavy atom. The summed E-state index contributed by atoms with van der Waals surface area (Å²) in [5, 5.41) is 13.9. The van der Waals surface area contributed by atoms with Crippen molar-refractivity contribution in [2.45, 2.75) is 244 Å². The molecule has 0 spiro atoms. The van der Waals surface area contributed by atoms with Crippen LogP contribution in [0, 0.1) is 0 Å². The SMILES string of the molecule is CC/C=C\C/C=C\C/C=C\C/C=C\C/C=C\C/C=C\CCCCCCCCC(=O)NC(COP(=O)([O-])OCC[N+](C)(C)C)C(O)/C=C/CC/C=C/CCCCCCCCCCCCCCCCCCC. The maximum Gasteiger partial charge on any atom is 0.268 e. The molecular formula is C61H109N2O6P. The Balaban J connectivity index is 4.34. The lowest BCUT2D eigenvalue weighted by Gasteiger charge is -2.29. The quantitative estimate of drug-likeness (QED) is 0.0272. The largest absolute Gasteiger partial charge is 0.756 e. The molecule has 3 atom stereocenters. The van der Waals surface area contributed by atoms with Gasteiger partial charge >= 0.3 is 0 Å². The molecule has 9 heteroatoms. The number of phosphoric acid groups is 1. The Bertz CT molecular complexity index is 1460. The molecule has 0 aliphatic heterocycles. The maximum absolute atomic E-state index is 13.0. The van der Waals surface area contributed by atoms with Crippen molar-refractivity contribution in [3.63, 3.8) is 0 Å². The number of carbonyl (C=O) groups excluding carboxylic acids is 1. The van der Waals surface area contributed by atoms with Crippen molar-refractivity contribution in [2.75, 3.05) is 40.9 Å². The number of likely N-dealkylation sites (N-methyl/N-ethyl adjacent to an activating group) is 1. The van der Waals surface area contributed by atoms with Gasteiger partial charge in [-0.1, -0.05) is 239 Å². The molecule has 0 aliphatic carbocycles. The fourth-order valence-corrected chi connectivity index (χ4v) is 8.54. The molecule has 0 aromatic heterocycles. The zero-order chi connectivity index (χ0) is 51.3. The monoisotopic (exact) mass is 997 g/mol. The molecule has 70 heavy (non-hydrogen) atoms. The number of amides is 1. The van der Waals surface area contributed by atoms with Crippen LogP contribution < -0.4 is 10.2 Å². The number of aliphatic hydroxyl groups is 1. The number of rotatable bonds is 51. The van der Waals surface area contributed by atoms with E-state index in [9.17, 15) is 19.4 Å². The Morgan fingerprint density at radius 2 is 0.886 bits per heavy atom. The number of unbranched alkanes of at least 4 members (excludes halogenated alkanes) is 24. The fourth-order valence-electron chi connectivity index (χ4n) is 7.82. The number of nitrogens with one attached hydrogen (secondary N) is 1. The summed E-state index contributed by atoms with van der Waals surface area (Å²) in [4.78, 5) is 25.5. The number of aliphatic hydroxyl groups excluding tert-OH is 1. The normalized spacial score (nSPS) is 14.7. The summed E-state index contributed by atoms with van der Waals surface area (Å²) in [6, 6.07) is -0.919. The molecule has 0 saturated heterocycles. The highest BCUT2D eigenvalue weighted by Crippen LogP contribution is 2.38. The van der Waals surface area contributed by atoms with Crippen LogP contribution in [0.3, 0.4) is 0 Å². The Kier molecular flexibility index (Phi) is 49.4. The van der Waals surface area contributed by atoms with Crippen molar-refractivity contribution in [1.29, 1.82) is 0 Å². The van der Waals surface area contributed by atoms with Crippen molar-refractivity contribution >= 4 is 13.7 Å². The van der Waals surface area contributed by atoms with Gasteiger partial charge in [0.2, 0.25) is 5.91 Å². The summed E-state index contributed by atoms with van der Waals surface area (Å²) >= 11 is 0. The number of allylic oxidation sites excluding steroid dienone is 15. The Labute approximate surface area is 432 Å². The molecule has 404 valence electrons. The van der Waals surface area contributed by atoms with E-state index in [2.05, 4.69) is 104 Å². The average molecular weight is 998 g/mol. The van der Waals surface area contributed by atoms with Crippen molar-refractivity contribution < 1.29 is 32.9 Å². The van der Waals surface area contributed by atoms with Gasteiger partial charge in [0.25, 0.3) is 7.82 Å². The number of carbonyl (C=O) groups is 1. The molecule has 2 N–H and O–H groups in total. The van der Waals surface area contributed by atoms with Crippen LogP contribution in [-0.2, 0) is 18.4 Å². The molecule has 8 nitrogen and oxygen atoms in total. The molecule has 1 amide bonds. The summed E-state index contributed by atoms with van der Waals surface area (Å²) in [5.74, 6) is -0.224. The molecule has 0 rings (SSSR count). The summed E-state index contributed by atoms with van der Waals surface area (Å²) in [7, 11) is 1.22. The van der Waals surface area contributed by atoms with Crippen molar-refractivity contribution in [1.82, 2.24) is 5.32 Å². The molecule has 0 aromatic rings. The summed E-state index contributed by atoms with van der Waals surface area (Å²) in [5.41, 5.74) is 0. The number of phosphoric ester groups is 1. The molecular weight excluding hydrogens is 888 g/mol. The second-order valence-electron chi connectivity index (χ2n) is 20.3. The van der Waals surface area contributed by atoms with E-state index in [1.54, 1.807) is 6.08 Å². The second kappa shape index (κ2) is 51.3. The lowest BCUT2D eigenvalue weighted by molar-refractivity contribution is -0.870. The summed E-state index contributed by atoms with van der Waals surface area (Å²) in [6.45, 7) is 4.51. The predicted octanol–water partition coefficient (Wildman–Crippen LogP) is 16.8. The lowest BCUT2D eigenvalue weighted by Crippen LogP contribution is -2.45. The van der Waals surface area contributed by atoms with Crippen LogP contribution in [0.5, 0.6) is 0 Å². The first kappa shape index (κ1) is 67.4. The minimum Gasteiger partial charge on any atom is -0.756 e. The van der Waals surface area contributed by atoms with Crippen LogP contribution in [0.4, 0.5) is 0 Å². The van der Waals surface area contributed by atoms with Gasteiger partial charge in [-0.05, 0) is 83.5 Å². The fraction of sp³-hybridized carbons (Fsp3) is 0.721. The molecule has 0 heterocycles. The molecule has 0 fully saturated rings. The van der Waals surface area contributed by atoms with E-state index in [4.69, 9.17) is 9.05 Å². The van der Waals surface area contributed by atoms with Crippen LogP contribution in [0.1, 0.15) is 232 Å². The smallest absolute Gasteiger partial charge is 0.268 e. The lowest BCUT2D eigenvalue weighted by atomic mass is 10.0. The number of nitrogens with zero attached hydrogens (tertiary/aromatic N) is 1. The minimum atomic E-state index is -4.62. The van der Waals surface area contributed by atoms with Crippen LogP contribution in [0.2, 0.25) is 0 Å². The average Bonchev–Trinajstić information content (AvgIpc) is 3.32. The van der Waals surface area contributed by atoms with Crippen LogP contribution in [0.25, 0.3) is 0 Å². The zero-order valence-corrected chi connectivity index (χ0v) is 46.8. The first-order valence-corrected chi connectivity index (χ1v) is 30.1. The number of quaternary nitrogens is 1. The molecule has 0 aromatic carbocycles. The van der Waals surface area contributed by atoms with Gasteiger partial charge in [0.15, 0.2) is 0 Å². The highest BCUT2D eigenvalue weighted by Gasteiger charge is 2.23. The molecule has 3 unspecified atom stereocenters. The second-order valence-corrected chi connectivity index (χ2v) is 21.7. The van der Waals surface area contributed by atoms with Gasteiger partial charge in [0, 0.05) is 6.42 Å². The third-order valence-electron chi connectivity index (χ3n) is 12.3. The first-order chi connectivity index (χ1) is 34.0. The minimum absolute atomic E-state index is 0.0146. The Morgan fingerprint density at radius 1 is 0.514 bits per heavy atom. The van der Waals surface area contributed by atoms with Crippen LogP contribution >= 0.6 is 7.82 Å². The van der Waals surface area contributed by atoms with Gasteiger partial charge in [-0.2, -0.15) is 0 Å². The third kappa shape index (κ3) is 53.2. The number of hydrogen-bond acceptors (Lipinski definition) is 6. The molecule has 0 saturated carbocycles. The van der Waals surface area contributed by atoms with E-state index >= 15 is 0 Å². The highest BCUT2D eigenvalue weighted by atomic mass is 31.2. The van der Waals surface area contributed by atoms with Crippen molar-refractivity contribution in [2.24, 2.45) is 0 Å². The van der Waals surface area contributed by atoms with Gasteiger partial charge in [0.05, 0.1) is 39.9 Å². The topological polar surface area (TPSA) is 108 Å². The van der Waals surface area contributed by atoms with E-state index in [-0.39, 0.29) is 12.5 Å². The molecule has 0 radical (unpaired) electrons. The maximum atomic E-state index is 13.0. The van der Waals surface area contributed by atoms with E-state index < -0.39 is 26.6 Å². The molecule has 0 bridgehead atoms. The third-order valence-corrected chi connectivity index (χ3v) is 13.2. The van der Waals surface area contributed by atoms with Crippen molar-refractivity contribution in [3.05, 3.63) is 97.2 Å². The summed E-state index contributed by atoms with van der Waals surface area (Å²) in [6.07, 6.45) is 73.4. The van der Waals surface area contributed by atoms with Gasteiger partial charge < -0.3 is 28.8 Å². The standard InChI is InChI=1S/C61H109N2O6P/c1-6-8-10-12-14-16-18-20-22-24-26-28-30-31-33-35-37-39-41-43-45-47-49-51-53-55-61(65)62-59(58-69-70(66,67)68-57-56-63(3,4)5)60(64)54-52-50-48-46-44-42-40-38-36-34-32-29-27-25-23-21-19-17-15-13-11-9-7-2/h8,10,14,16,20,22,26,28,31,33,37,39,44,46,52,54,59-60,64H,6-7,9,11-13,15,17-19,21,23-25,27,29-30,32,34-36,38,40-43,45,47-51,53,55-58H2,1-5H3,(H-,62,65,66,67)/b10-8-,16-14-,22-20-,28-26-,33-31-,39-37-,46-44+,54-52+. The predicted molar refractivity (Wildman–Crippen MR) is 302 cm³/mol. The summed E-state index contributed by atoms with van der Waals surface area (Å²) < 4.78 is 23.3. The van der Waals surface area contributed by atoms with Gasteiger partial charge in [-0.3, -0.25) is 9.36 Å². The molecule has 0 aliphatic rings. The van der Waals surface area contributed by atoms with E-state index in [1.165, 1.54) is 109 Å². The van der Waals surface area contributed by atoms with E-state index in [0.717, 1.165) is 103 Å². The number of hydrogen-bond donors (Lipinski definition) is 2. The van der Waals surface area contributed by atoms with Crippen molar-refractivity contribution in [3.8, 4) is 0 Å². The van der Waals surface area contributed by atoms with Crippen LogP contribution in [0.15, 0.2) is 97.2 Å². The highest BCUT2D eigenvalue weighted by molar-refractivity contribution is 7.45. The van der Waals surface area contributed by atoms with Gasteiger partial charge in [-0.25, -0.2) is 0 Å². The zero-order valence-electron chi connectivity index (χ0n) is 45.9. The van der Waals surface area contributed by atoms with E-state index in [0.29, 0.717) is 17.4 Å².